The molecule has 144 valence electrons. The lowest BCUT2D eigenvalue weighted by molar-refractivity contribution is -0.120. The number of halogens is 1. The maximum absolute atomic E-state index is 13.1. The molecule has 1 atom stereocenters. The highest BCUT2D eigenvalue weighted by molar-refractivity contribution is 9.10. The quantitative estimate of drug-likeness (QED) is 0.742. The van der Waals surface area contributed by atoms with E-state index in [1.807, 2.05) is 24.3 Å². The summed E-state index contributed by atoms with van der Waals surface area (Å²) in [6, 6.07) is 13.5. The minimum Gasteiger partial charge on any atom is -0.325 e. The molecule has 1 fully saturated rings. The number of anilines is 1. The Morgan fingerprint density at radius 2 is 1.93 bits per heavy atom. The Morgan fingerprint density at radius 1 is 1.19 bits per heavy atom. The van der Waals surface area contributed by atoms with E-state index >= 15 is 0 Å². The van der Waals surface area contributed by atoms with E-state index in [2.05, 4.69) is 28.2 Å². The molecule has 1 heterocycles. The first-order valence-electron chi connectivity index (χ1n) is 9.09. The third-order valence-corrected chi connectivity index (χ3v) is 7.23. The van der Waals surface area contributed by atoms with Crippen molar-refractivity contribution in [3.05, 3.63) is 58.6 Å². The van der Waals surface area contributed by atoms with Crippen LogP contribution in [0.2, 0.25) is 0 Å². The predicted molar refractivity (Wildman–Crippen MR) is 110 cm³/mol. The van der Waals surface area contributed by atoms with E-state index in [-0.39, 0.29) is 10.8 Å². The molecule has 1 aliphatic heterocycles. The Bertz CT molecular complexity index is 913. The van der Waals surface area contributed by atoms with Gasteiger partial charge in [-0.3, -0.25) is 4.79 Å². The molecule has 0 aliphatic carbocycles. The highest BCUT2D eigenvalue weighted by atomic mass is 79.9. The van der Waals surface area contributed by atoms with Crippen LogP contribution in [0.15, 0.2) is 57.9 Å². The first-order valence-corrected chi connectivity index (χ1v) is 11.3. The number of nitrogens with one attached hydrogen (secondary N) is 1. The van der Waals surface area contributed by atoms with Crippen LogP contribution in [0, 0.1) is 0 Å². The first kappa shape index (κ1) is 20.0. The third kappa shape index (κ3) is 4.59. The first-order chi connectivity index (χ1) is 12.9. The number of carbonyl (C=O) groups excluding carboxylic acids is 1. The van der Waals surface area contributed by atoms with Crippen LogP contribution in [-0.4, -0.2) is 31.2 Å². The van der Waals surface area contributed by atoms with Crippen LogP contribution < -0.4 is 5.32 Å². The predicted octanol–water partition coefficient (Wildman–Crippen LogP) is 4.19. The molecule has 1 unspecified atom stereocenters. The number of rotatable bonds is 5. The second-order valence-corrected chi connectivity index (χ2v) is 9.43. The number of hydrogen-bond acceptors (Lipinski definition) is 3. The van der Waals surface area contributed by atoms with Crippen LogP contribution in [0.1, 0.15) is 31.7 Å². The van der Waals surface area contributed by atoms with Crippen LogP contribution in [-0.2, 0) is 21.2 Å². The van der Waals surface area contributed by atoms with E-state index < -0.39 is 16.1 Å². The summed E-state index contributed by atoms with van der Waals surface area (Å²) in [5.41, 5.74) is 1.82. The molecule has 3 rings (SSSR count). The maximum Gasteiger partial charge on any atom is 0.243 e. The summed E-state index contributed by atoms with van der Waals surface area (Å²) in [6.45, 7) is 2.40. The lowest BCUT2D eigenvalue weighted by Crippen LogP contribution is -2.49. The number of aryl methyl sites for hydroxylation is 1. The standard InChI is InChI=1S/C20H23BrN2O3S/c1-2-15-6-5-7-17(14-15)22-20(24)19-8-3-4-13-23(19)27(25,26)18-11-9-16(21)10-12-18/h5-7,9-12,14,19H,2-4,8,13H2,1H3,(H,22,24). The molecule has 0 saturated carbocycles. The number of carbonyl (C=O) groups is 1. The summed E-state index contributed by atoms with van der Waals surface area (Å²) in [5.74, 6) is -0.274. The van der Waals surface area contributed by atoms with Crippen molar-refractivity contribution in [3.8, 4) is 0 Å². The second-order valence-electron chi connectivity index (χ2n) is 6.62. The van der Waals surface area contributed by atoms with Gasteiger partial charge >= 0.3 is 0 Å². The van der Waals surface area contributed by atoms with Crippen molar-refractivity contribution in [2.75, 3.05) is 11.9 Å². The fourth-order valence-corrected chi connectivity index (χ4v) is 5.21. The molecule has 1 amide bonds. The minimum atomic E-state index is -3.73. The van der Waals surface area contributed by atoms with Crippen molar-refractivity contribution < 1.29 is 13.2 Å². The molecule has 27 heavy (non-hydrogen) atoms. The fourth-order valence-electron chi connectivity index (χ4n) is 3.29. The van der Waals surface area contributed by atoms with Crippen molar-refractivity contribution in [2.45, 2.75) is 43.5 Å². The topological polar surface area (TPSA) is 66.5 Å². The monoisotopic (exact) mass is 450 g/mol. The van der Waals surface area contributed by atoms with Gasteiger partial charge in [-0.1, -0.05) is 41.4 Å². The van der Waals surface area contributed by atoms with Crippen LogP contribution in [0.5, 0.6) is 0 Å². The highest BCUT2D eigenvalue weighted by Gasteiger charge is 2.37. The number of hydrogen-bond donors (Lipinski definition) is 1. The Labute approximate surface area is 169 Å². The van der Waals surface area contributed by atoms with Gasteiger partial charge in [0.05, 0.1) is 4.90 Å². The van der Waals surface area contributed by atoms with Crippen molar-refractivity contribution in [2.24, 2.45) is 0 Å². The van der Waals surface area contributed by atoms with Crippen molar-refractivity contribution >= 4 is 37.5 Å². The van der Waals surface area contributed by atoms with Gasteiger partial charge in [-0.2, -0.15) is 4.31 Å². The molecular weight excluding hydrogens is 428 g/mol. The van der Waals surface area contributed by atoms with Gasteiger partial charge in [-0.15, -0.1) is 0 Å². The van der Waals surface area contributed by atoms with Crippen LogP contribution in [0.4, 0.5) is 5.69 Å². The van der Waals surface area contributed by atoms with Crippen LogP contribution >= 0.6 is 15.9 Å². The van der Waals surface area contributed by atoms with Gasteiger partial charge in [0.15, 0.2) is 0 Å². The lowest BCUT2D eigenvalue weighted by atomic mass is 10.0. The molecule has 1 saturated heterocycles. The van der Waals surface area contributed by atoms with E-state index in [9.17, 15) is 13.2 Å². The van der Waals surface area contributed by atoms with E-state index in [4.69, 9.17) is 0 Å². The Hall–Kier alpha value is -1.70. The molecule has 0 aromatic heterocycles. The van der Waals surface area contributed by atoms with Crippen LogP contribution in [0.3, 0.4) is 0 Å². The summed E-state index contributed by atoms with van der Waals surface area (Å²) in [7, 11) is -3.73. The molecule has 2 aromatic rings. The van der Waals surface area contributed by atoms with Gasteiger partial charge in [0, 0.05) is 16.7 Å². The van der Waals surface area contributed by atoms with Gasteiger partial charge in [0.25, 0.3) is 0 Å². The van der Waals surface area contributed by atoms with Crippen molar-refractivity contribution in [3.63, 3.8) is 0 Å². The number of nitrogens with zero attached hydrogens (tertiary/aromatic N) is 1. The van der Waals surface area contributed by atoms with Gasteiger partial charge in [0.2, 0.25) is 15.9 Å². The highest BCUT2D eigenvalue weighted by Crippen LogP contribution is 2.27. The molecular formula is C20H23BrN2O3S. The Balaban J connectivity index is 1.84. The second kappa shape index (κ2) is 8.54. The summed E-state index contributed by atoms with van der Waals surface area (Å²) in [5, 5.41) is 2.90. The molecule has 5 nitrogen and oxygen atoms in total. The zero-order valence-corrected chi connectivity index (χ0v) is 17.6. The Morgan fingerprint density at radius 3 is 2.63 bits per heavy atom. The summed E-state index contributed by atoms with van der Waals surface area (Å²) < 4.78 is 28.4. The molecule has 0 spiro atoms. The van der Waals surface area contributed by atoms with E-state index in [1.165, 1.54) is 4.31 Å². The molecule has 7 heteroatoms. The zero-order valence-electron chi connectivity index (χ0n) is 15.2. The summed E-state index contributed by atoms with van der Waals surface area (Å²) >= 11 is 3.32. The van der Waals surface area contributed by atoms with Gasteiger partial charge < -0.3 is 5.32 Å². The van der Waals surface area contributed by atoms with Gasteiger partial charge in [-0.05, 0) is 61.2 Å². The number of amides is 1. The molecule has 0 radical (unpaired) electrons. The van der Waals surface area contributed by atoms with E-state index in [0.29, 0.717) is 18.7 Å². The smallest absolute Gasteiger partial charge is 0.243 e. The SMILES string of the molecule is CCc1cccc(NC(=O)C2CCCCN2S(=O)(=O)c2ccc(Br)cc2)c1. The fraction of sp³-hybridized carbons (Fsp3) is 0.350. The number of sulfonamides is 1. The third-order valence-electron chi connectivity index (χ3n) is 4.78. The summed E-state index contributed by atoms with van der Waals surface area (Å²) in [4.78, 5) is 13.1. The van der Waals surface area contributed by atoms with Crippen molar-refractivity contribution in [1.82, 2.24) is 4.31 Å². The Kier molecular flexibility index (Phi) is 6.34. The summed E-state index contributed by atoms with van der Waals surface area (Å²) in [6.07, 6.45) is 2.98. The molecule has 1 N–H and O–H groups in total. The number of piperidine rings is 1. The molecule has 1 aliphatic rings. The average Bonchev–Trinajstić information content (AvgIpc) is 2.68. The normalized spacial score (nSPS) is 18.2. The molecule has 0 bridgehead atoms. The average molecular weight is 451 g/mol. The van der Waals surface area contributed by atoms with E-state index in [1.54, 1.807) is 24.3 Å². The zero-order chi connectivity index (χ0) is 19.4. The van der Waals surface area contributed by atoms with Gasteiger partial charge in [0.1, 0.15) is 6.04 Å². The number of benzene rings is 2. The largest absolute Gasteiger partial charge is 0.325 e. The lowest BCUT2D eigenvalue weighted by Gasteiger charge is -2.33. The van der Waals surface area contributed by atoms with Crippen molar-refractivity contribution in [1.29, 1.82) is 0 Å². The van der Waals surface area contributed by atoms with Crippen LogP contribution in [0.25, 0.3) is 0 Å². The van der Waals surface area contributed by atoms with E-state index in [0.717, 1.165) is 29.3 Å². The minimum absolute atomic E-state index is 0.207. The van der Waals surface area contributed by atoms with Gasteiger partial charge in [-0.25, -0.2) is 8.42 Å². The maximum atomic E-state index is 13.1. The molecule has 2 aromatic carbocycles.